The summed E-state index contributed by atoms with van der Waals surface area (Å²) in [6.07, 6.45) is 3.44. The van der Waals surface area contributed by atoms with E-state index in [2.05, 4.69) is 12.2 Å². The van der Waals surface area contributed by atoms with Crippen molar-refractivity contribution in [2.45, 2.75) is 19.9 Å². The number of furan rings is 1. The minimum absolute atomic E-state index is 0.253. The standard InChI is InChI=1S/C10H17NO2/c1-3-11-10(8-12-4-2)9-5-6-13-7-9/h5-7,10-11H,3-4,8H2,1-2H3. The SMILES string of the molecule is CCNC(COCC)c1ccoc1. The van der Waals surface area contributed by atoms with Gasteiger partial charge in [0, 0.05) is 12.2 Å². The maximum absolute atomic E-state index is 5.37. The molecule has 1 rings (SSSR count). The molecule has 0 aliphatic heterocycles. The highest BCUT2D eigenvalue weighted by molar-refractivity contribution is 5.11. The van der Waals surface area contributed by atoms with Gasteiger partial charge in [-0.2, -0.15) is 0 Å². The predicted octanol–water partition coefficient (Wildman–Crippen LogP) is 1.97. The number of rotatable bonds is 6. The molecule has 0 amide bonds. The average Bonchev–Trinajstić information content (AvgIpc) is 2.65. The highest BCUT2D eigenvalue weighted by Crippen LogP contribution is 2.13. The Morgan fingerprint density at radius 1 is 1.54 bits per heavy atom. The Morgan fingerprint density at radius 2 is 2.38 bits per heavy atom. The zero-order valence-corrected chi connectivity index (χ0v) is 8.25. The summed E-state index contributed by atoms with van der Waals surface area (Å²) in [6.45, 7) is 6.46. The molecule has 0 aromatic carbocycles. The van der Waals surface area contributed by atoms with Gasteiger partial charge in [0.2, 0.25) is 0 Å². The van der Waals surface area contributed by atoms with Crippen molar-refractivity contribution in [2.24, 2.45) is 0 Å². The van der Waals surface area contributed by atoms with E-state index in [1.807, 2.05) is 13.0 Å². The van der Waals surface area contributed by atoms with Crippen LogP contribution in [0.1, 0.15) is 25.5 Å². The van der Waals surface area contributed by atoms with E-state index < -0.39 is 0 Å². The lowest BCUT2D eigenvalue weighted by atomic mass is 10.1. The van der Waals surface area contributed by atoms with Crippen molar-refractivity contribution in [3.8, 4) is 0 Å². The van der Waals surface area contributed by atoms with Gasteiger partial charge < -0.3 is 14.5 Å². The summed E-state index contributed by atoms with van der Waals surface area (Å²) in [7, 11) is 0. The van der Waals surface area contributed by atoms with Crippen molar-refractivity contribution < 1.29 is 9.15 Å². The van der Waals surface area contributed by atoms with Gasteiger partial charge in [-0.3, -0.25) is 0 Å². The average molecular weight is 183 g/mol. The monoisotopic (exact) mass is 183 g/mol. The van der Waals surface area contributed by atoms with Crippen molar-refractivity contribution >= 4 is 0 Å². The summed E-state index contributed by atoms with van der Waals surface area (Å²) in [5, 5.41) is 3.33. The Hall–Kier alpha value is -0.800. The normalized spacial score (nSPS) is 13.1. The van der Waals surface area contributed by atoms with Gasteiger partial charge in [-0.25, -0.2) is 0 Å². The van der Waals surface area contributed by atoms with E-state index in [0.29, 0.717) is 6.61 Å². The largest absolute Gasteiger partial charge is 0.472 e. The second-order valence-electron chi connectivity index (χ2n) is 2.83. The third-order valence-electron chi connectivity index (χ3n) is 1.88. The van der Waals surface area contributed by atoms with Crippen LogP contribution in [-0.4, -0.2) is 19.8 Å². The zero-order valence-electron chi connectivity index (χ0n) is 8.25. The molecule has 1 atom stereocenters. The fourth-order valence-corrected chi connectivity index (χ4v) is 1.23. The molecule has 0 spiro atoms. The summed E-state index contributed by atoms with van der Waals surface area (Å²) in [6, 6.07) is 2.22. The van der Waals surface area contributed by atoms with Gasteiger partial charge in [0.25, 0.3) is 0 Å². The van der Waals surface area contributed by atoms with E-state index in [1.54, 1.807) is 12.5 Å². The molecule has 3 nitrogen and oxygen atoms in total. The molecule has 0 aliphatic carbocycles. The minimum Gasteiger partial charge on any atom is -0.472 e. The minimum atomic E-state index is 0.253. The van der Waals surface area contributed by atoms with Crippen molar-refractivity contribution in [3.63, 3.8) is 0 Å². The van der Waals surface area contributed by atoms with E-state index >= 15 is 0 Å². The van der Waals surface area contributed by atoms with Gasteiger partial charge in [0.15, 0.2) is 0 Å². The Kier molecular flexibility index (Phi) is 4.57. The first kappa shape index (κ1) is 10.3. The van der Waals surface area contributed by atoms with Gasteiger partial charge in [-0.15, -0.1) is 0 Å². The second kappa shape index (κ2) is 5.78. The van der Waals surface area contributed by atoms with E-state index in [0.717, 1.165) is 18.7 Å². The first-order chi connectivity index (χ1) is 6.38. The molecule has 0 fully saturated rings. The summed E-state index contributed by atoms with van der Waals surface area (Å²) in [5.74, 6) is 0. The first-order valence-electron chi connectivity index (χ1n) is 4.71. The fourth-order valence-electron chi connectivity index (χ4n) is 1.23. The third kappa shape index (κ3) is 3.20. The molecule has 13 heavy (non-hydrogen) atoms. The van der Waals surface area contributed by atoms with Crippen molar-refractivity contribution in [1.29, 1.82) is 0 Å². The Labute approximate surface area is 79.1 Å². The Morgan fingerprint density at radius 3 is 2.92 bits per heavy atom. The molecular weight excluding hydrogens is 166 g/mol. The number of hydrogen-bond donors (Lipinski definition) is 1. The van der Waals surface area contributed by atoms with Crippen LogP contribution in [0.2, 0.25) is 0 Å². The molecule has 74 valence electrons. The van der Waals surface area contributed by atoms with Crippen LogP contribution in [0, 0.1) is 0 Å². The van der Waals surface area contributed by atoms with Crippen molar-refractivity contribution in [1.82, 2.24) is 5.32 Å². The van der Waals surface area contributed by atoms with Crippen LogP contribution in [0.3, 0.4) is 0 Å². The summed E-state index contributed by atoms with van der Waals surface area (Å²) >= 11 is 0. The van der Waals surface area contributed by atoms with Crippen LogP contribution in [0.5, 0.6) is 0 Å². The topological polar surface area (TPSA) is 34.4 Å². The molecule has 0 radical (unpaired) electrons. The highest BCUT2D eigenvalue weighted by Gasteiger charge is 2.10. The molecule has 1 N–H and O–H groups in total. The van der Waals surface area contributed by atoms with Gasteiger partial charge >= 0.3 is 0 Å². The van der Waals surface area contributed by atoms with Crippen LogP contribution < -0.4 is 5.32 Å². The molecular formula is C10H17NO2. The Bertz CT molecular complexity index is 209. The van der Waals surface area contributed by atoms with Gasteiger partial charge in [0.05, 0.1) is 25.2 Å². The number of likely N-dealkylation sites (N-methyl/N-ethyl adjacent to an activating group) is 1. The first-order valence-corrected chi connectivity index (χ1v) is 4.71. The van der Waals surface area contributed by atoms with E-state index in [9.17, 15) is 0 Å². The molecule has 0 bridgehead atoms. The Balaban J connectivity index is 2.47. The molecule has 0 saturated carbocycles. The van der Waals surface area contributed by atoms with Crippen LogP contribution >= 0.6 is 0 Å². The molecule has 1 heterocycles. The van der Waals surface area contributed by atoms with E-state index in [1.165, 1.54) is 0 Å². The number of ether oxygens (including phenoxy) is 1. The molecule has 0 aliphatic rings. The second-order valence-corrected chi connectivity index (χ2v) is 2.83. The molecule has 1 aromatic heterocycles. The maximum atomic E-state index is 5.37. The molecule has 0 saturated heterocycles. The lowest BCUT2D eigenvalue weighted by Gasteiger charge is -2.15. The van der Waals surface area contributed by atoms with E-state index in [4.69, 9.17) is 9.15 Å². The van der Waals surface area contributed by atoms with Crippen LogP contribution in [-0.2, 0) is 4.74 Å². The summed E-state index contributed by atoms with van der Waals surface area (Å²) in [4.78, 5) is 0. The number of nitrogens with one attached hydrogen (secondary N) is 1. The van der Waals surface area contributed by atoms with Gasteiger partial charge in [-0.05, 0) is 19.5 Å². The fraction of sp³-hybridized carbons (Fsp3) is 0.600. The highest BCUT2D eigenvalue weighted by atomic mass is 16.5. The molecule has 1 aromatic rings. The quantitative estimate of drug-likeness (QED) is 0.732. The van der Waals surface area contributed by atoms with Crippen molar-refractivity contribution in [3.05, 3.63) is 24.2 Å². The lowest BCUT2D eigenvalue weighted by Crippen LogP contribution is -2.24. The van der Waals surface area contributed by atoms with E-state index in [-0.39, 0.29) is 6.04 Å². The zero-order chi connectivity index (χ0) is 9.52. The smallest absolute Gasteiger partial charge is 0.0951 e. The molecule has 3 heteroatoms. The lowest BCUT2D eigenvalue weighted by molar-refractivity contribution is 0.123. The van der Waals surface area contributed by atoms with Crippen LogP contribution in [0.25, 0.3) is 0 Å². The van der Waals surface area contributed by atoms with Crippen LogP contribution in [0.4, 0.5) is 0 Å². The predicted molar refractivity (Wildman–Crippen MR) is 51.6 cm³/mol. The van der Waals surface area contributed by atoms with Crippen LogP contribution in [0.15, 0.2) is 23.0 Å². The molecule has 1 unspecified atom stereocenters. The van der Waals surface area contributed by atoms with Gasteiger partial charge in [0.1, 0.15) is 0 Å². The third-order valence-corrected chi connectivity index (χ3v) is 1.88. The van der Waals surface area contributed by atoms with Gasteiger partial charge in [-0.1, -0.05) is 6.92 Å². The summed E-state index contributed by atoms with van der Waals surface area (Å²) < 4.78 is 10.4. The van der Waals surface area contributed by atoms with Crippen molar-refractivity contribution in [2.75, 3.05) is 19.8 Å². The maximum Gasteiger partial charge on any atom is 0.0951 e. The summed E-state index contributed by atoms with van der Waals surface area (Å²) in [5.41, 5.74) is 1.15. The number of hydrogen-bond acceptors (Lipinski definition) is 3.